The fourth-order valence-corrected chi connectivity index (χ4v) is 2.59. The Balaban J connectivity index is 2.51. The second kappa shape index (κ2) is 7.40. The number of likely N-dealkylation sites (N-methyl/N-ethyl adjacent to an activating group) is 1. The van der Waals surface area contributed by atoms with Crippen LogP contribution < -0.4 is 5.73 Å². The van der Waals surface area contributed by atoms with E-state index in [1.807, 2.05) is 0 Å². The molecule has 0 amide bonds. The molecule has 0 aromatic heterocycles. The molecule has 108 valence electrons. The van der Waals surface area contributed by atoms with Crippen LogP contribution in [0.15, 0.2) is 0 Å². The van der Waals surface area contributed by atoms with E-state index in [9.17, 15) is 0 Å². The highest BCUT2D eigenvalue weighted by Crippen LogP contribution is 2.20. The van der Waals surface area contributed by atoms with Crippen molar-refractivity contribution in [2.75, 3.05) is 54.0 Å². The maximum absolute atomic E-state index is 5.93. The molecule has 1 atom stereocenters. The van der Waals surface area contributed by atoms with E-state index in [1.165, 1.54) is 25.9 Å². The maximum atomic E-state index is 5.93. The molecule has 1 unspecified atom stereocenters. The van der Waals surface area contributed by atoms with Crippen LogP contribution in [0.25, 0.3) is 0 Å². The third kappa shape index (κ3) is 3.65. The van der Waals surface area contributed by atoms with Crippen LogP contribution in [0, 0.1) is 0 Å². The number of ether oxygens (including phenoxy) is 2. The molecule has 1 saturated heterocycles. The van der Waals surface area contributed by atoms with Gasteiger partial charge in [-0.05, 0) is 39.9 Å². The monoisotopic (exact) mass is 259 g/mol. The average molecular weight is 259 g/mol. The number of hydrogen-bond donors (Lipinski definition) is 1. The standard InChI is InChI=1S/C13H29N3O2/c1-13(11-14,12(17-3)18-4)15(2)9-10-16-7-5-6-8-16/h12H,5-11,14H2,1-4H3. The van der Waals surface area contributed by atoms with E-state index >= 15 is 0 Å². The van der Waals surface area contributed by atoms with Gasteiger partial charge in [0, 0.05) is 33.9 Å². The molecule has 1 aliphatic heterocycles. The molecular formula is C13H29N3O2. The van der Waals surface area contributed by atoms with Crippen LogP contribution in [0.2, 0.25) is 0 Å². The van der Waals surface area contributed by atoms with Gasteiger partial charge in [0.25, 0.3) is 0 Å². The lowest BCUT2D eigenvalue weighted by Gasteiger charge is -2.42. The highest BCUT2D eigenvalue weighted by Gasteiger charge is 2.37. The van der Waals surface area contributed by atoms with Crippen LogP contribution in [-0.4, -0.2) is 75.6 Å². The summed E-state index contributed by atoms with van der Waals surface area (Å²) in [7, 11) is 5.42. The first-order chi connectivity index (χ1) is 8.58. The third-order valence-corrected chi connectivity index (χ3v) is 4.17. The van der Waals surface area contributed by atoms with Gasteiger partial charge in [0.05, 0.1) is 5.54 Å². The summed E-state index contributed by atoms with van der Waals surface area (Å²) < 4.78 is 10.8. The van der Waals surface area contributed by atoms with Crippen molar-refractivity contribution < 1.29 is 9.47 Å². The van der Waals surface area contributed by atoms with Crippen molar-refractivity contribution >= 4 is 0 Å². The lowest BCUT2D eigenvalue weighted by atomic mass is 9.99. The lowest BCUT2D eigenvalue weighted by molar-refractivity contribution is -0.177. The van der Waals surface area contributed by atoms with Crippen molar-refractivity contribution in [1.29, 1.82) is 0 Å². The molecule has 0 saturated carbocycles. The van der Waals surface area contributed by atoms with Crippen LogP contribution in [0.5, 0.6) is 0 Å². The minimum absolute atomic E-state index is 0.288. The van der Waals surface area contributed by atoms with Gasteiger partial charge in [0.15, 0.2) is 6.29 Å². The zero-order valence-electron chi connectivity index (χ0n) is 12.3. The molecule has 0 bridgehead atoms. The zero-order chi connectivity index (χ0) is 13.6. The van der Waals surface area contributed by atoms with E-state index in [2.05, 4.69) is 23.8 Å². The molecule has 5 nitrogen and oxygen atoms in total. The first-order valence-corrected chi connectivity index (χ1v) is 6.77. The quantitative estimate of drug-likeness (QED) is 0.638. The molecule has 1 fully saturated rings. The van der Waals surface area contributed by atoms with Gasteiger partial charge in [-0.2, -0.15) is 0 Å². The van der Waals surface area contributed by atoms with E-state index in [4.69, 9.17) is 15.2 Å². The van der Waals surface area contributed by atoms with Gasteiger partial charge < -0.3 is 20.1 Å². The molecule has 0 aliphatic carbocycles. The van der Waals surface area contributed by atoms with Crippen LogP contribution in [0.1, 0.15) is 19.8 Å². The summed E-state index contributed by atoms with van der Waals surface area (Å²) in [6, 6.07) is 0. The predicted octanol–water partition coefficient (Wildman–Crippen LogP) is 0.350. The minimum Gasteiger partial charge on any atom is -0.354 e. The first-order valence-electron chi connectivity index (χ1n) is 6.77. The number of nitrogens with zero attached hydrogens (tertiary/aromatic N) is 2. The summed E-state index contributed by atoms with van der Waals surface area (Å²) in [5, 5.41) is 0. The molecule has 0 aromatic carbocycles. The molecular weight excluding hydrogens is 230 g/mol. The predicted molar refractivity (Wildman–Crippen MR) is 73.6 cm³/mol. The zero-order valence-corrected chi connectivity index (χ0v) is 12.3. The van der Waals surface area contributed by atoms with Gasteiger partial charge >= 0.3 is 0 Å². The molecule has 1 aliphatic rings. The van der Waals surface area contributed by atoms with Crippen molar-refractivity contribution in [1.82, 2.24) is 9.80 Å². The number of nitrogens with two attached hydrogens (primary N) is 1. The lowest BCUT2D eigenvalue weighted by Crippen LogP contribution is -2.60. The highest BCUT2D eigenvalue weighted by atomic mass is 16.7. The summed E-state index contributed by atoms with van der Waals surface area (Å²) in [5.74, 6) is 0. The Labute approximate surface area is 111 Å². The van der Waals surface area contributed by atoms with E-state index in [1.54, 1.807) is 14.2 Å². The molecule has 5 heteroatoms. The van der Waals surface area contributed by atoms with Gasteiger partial charge in [0.2, 0.25) is 0 Å². The Morgan fingerprint density at radius 2 is 1.83 bits per heavy atom. The number of methoxy groups -OCH3 is 2. The summed E-state index contributed by atoms with van der Waals surface area (Å²) in [5.41, 5.74) is 5.64. The Hall–Kier alpha value is -0.200. The molecule has 0 radical (unpaired) electrons. The highest BCUT2D eigenvalue weighted by molar-refractivity contribution is 4.90. The van der Waals surface area contributed by atoms with Gasteiger partial charge in [-0.3, -0.25) is 4.90 Å². The smallest absolute Gasteiger partial charge is 0.176 e. The van der Waals surface area contributed by atoms with Crippen LogP contribution in [-0.2, 0) is 9.47 Å². The van der Waals surface area contributed by atoms with Crippen molar-refractivity contribution in [3.63, 3.8) is 0 Å². The van der Waals surface area contributed by atoms with Gasteiger partial charge in [-0.15, -0.1) is 0 Å². The van der Waals surface area contributed by atoms with Crippen molar-refractivity contribution in [2.45, 2.75) is 31.6 Å². The number of likely N-dealkylation sites (tertiary alicyclic amines) is 1. The van der Waals surface area contributed by atoms with Crippen LogP contribution >= 0.6 is 0 Å². The Kier molecular flexibility index (Phi) is 6.52. The SMILES string of the molecule is COC(OC)C(C)(CN)N(C)CCN1CCCC1. The molecule has 0 aromatic rings. The van der Waals surface area contributed by atoms with Gasteiger partial charge in [-0.25, -0.2) is 0 Å². The summed E-state index contributed by atoms with van der Waals surface area (Å²) in [4.78, 5) is 4.75. The third-order valence-electron chi connectivity index (χ3n) is 4.17. The van der Waals surface area contributed by atoms with Crippen molar-refractivity contribution in [3.8, 4) is 0 Å². The fraction of sp³-hybridized carbons (Fsp3) is 1.00. The first kappa shape index (κ1) is 15.9. The van der Waals surface area contributed by atoms with E-state index in [0.717, 1.165) is 13.1 Å². The summed E-state index contributed by atoms with van der Waals surface area (Å²) in [6.45, 7) is 7.13. The minimum atomic E-state index is -0.300. The van der Waals surface area contributed by atoms with E-state index in [0.29, 0.717) is 6.54 Å². The summed E-state index contributed by atoms with van der Waals surface area (Å²) >= 11 is 0. The van der Waals surface area contributed by atoms with Gasteiger partial charge in [0.1, 0.15) is 0 Å². The molecule has 18 heavy (non-hydrogen) atoms. The molecule has 0 spiro atoms. The van der Waals surface area contributed by atoms with Crippen LogP contribution in [0.4, 0.5) is 0 Å². The largest absolute Gasteiger partial charge is 0.354 e. The number of hydrogen-bond acceptors (Lipinski definition) is 5. The fourth-order valence-electron chi connectivity index (χ4n) is 2.59. The van der Waals surface area contributed by atoms with Gasteiger partial charge in [-0.1, -0.05) is 0 Å². The average Bonchev–Trinajstić information content (AvgIpc) is 2.90. The normalized spacial score (nSPS) is 20.8. The second-order valence-corrected chi connectivity index (χ2v) is 5.33. The Bertz CT molecular complexity index is 230. The molecule has 1 rings (SSSR count). The van der Waals surface area contributed by atoms with Crippen molar-refractivity contribution in [2.24, 2.45) is 5.73 Å². The maximum Gasteiger partial charge on any atom is 0.176 e. The summed E-state index contributed by atoms with van der Waals surface area (Å²) in [6.07, 6.45) is 2.36. The molecule has 1 heterocycles. The topological polar surface area (TPSA) is 51.0 Å². The second-order valence-electron chi connectivity index (χ2n) is 5.33. The van der Waals surface area contributed by atoms with Crippen molar-refractivity contribution in [3.05, 3.63) is 0 Å². The van der Waals surface area contributed by atoms with Crippen LogP contribution in [0.3, 0.4) is 0 Å². The van der Waals surface area contributed by atoms with E-state index in [-0.39, 0.29) is 11.8 Å². The Morgan fingerprint density at radius 1 is 1.28 bits per heavy atom. The Morgan fingerprint density at radius 3 is 2.28 bits per heavy atom. The number of rotatable bonds is 8. The molecule has 2 N–H and O–H groups in total. The van der Waals surface area contributed by atoms with E-state index < -0.39 is 0 Å².